The van der Waals surface area contributed by atoms with Gasteiger partial charge in [-0.25, -0.2) is 0 Å². The maximum Gasteiger partial charge on any atom is 0.143 e. The van der Waals surface area contributed by atoms with Crippen molar-refractivity contribution < 1.29 is 4.42 Å². The van der Waals surface area contributed by atoms with Crippen LogP contribution in [-0.2, 0) is 0 Å². The van der Waals surface area contributed by atoms with E-state index in [2.05, 4.69) is 171 Å². The average Bonchev–Trinajstić information content (AvgIpc) is 3.53. The normalized spacial score (nSPS) is 11.9. The highest BCUT2D eigenvalue weighted by Crippen LogP contribution is 2.47. The van der Waals surface area contributed by atoms with Gasteiger partial charge in [0.1, 0.15) is 11.2 Å². The van der Waals surface area contributed by atoms with Gasteiger partial charge in [0.25, 0.3) is 0 Å². The lowest BCUT2D eigenvalue weighted by Crippen LogP contribution is -1.90. The summed E-state index contributed by atoms with van der Waals surface area (Å²) in [5.41, 5.74) is 10.4. The van der Waals surface area contributed by atoms with Crippen LogP contribution in [0.5, 0.6) is 0 Å². The molecule has 0 saturated carbocycles. The second-order valence-corrected chi connectivity index (χ2v) is 12.8. The van der Waals surface area contributed by atoms with Gasteiger partial charge in [-0.2, -0.15) is 0 Å². The van der Waals surface area contributed by atoms with Crippen LogP contribution in [0.25, 0.3) is 98.4 Å². The molecule has 0 saturated heterocycles. The number of hydrogen-bond acceptors (Lipinski definition) is 1. The molecule has 0 aliphatic carbocycles. The number of furan rings is 1. The molecule has 0 radical (unpaired) electrons. The van der Waals surface area contributed by atoms with Gasteiger partial charge >= 0.3 is 0 Å². The smallest absolute Gasteiger partial charge is 0.143 e. The van der Waals surface area contributed by atoms with Crippen LogP contribution in [-0.4, -0.2) is 0 Å². The topological polar surface area (TPSA) is 13.1 Å². The van der Waals surface area contributed by atoms with Crippen molar-refractivity contribution in [1.82, 2.24) is 0 Å². The van der Waals surface area contributed by atoms with E-state index in [1.807, 2.05) is 0 Å². The zero-order valence-electron chi connectivity index (χ0n) is 26.5. The van der Waals surface area contributed by atoms with E-state index in [-0.39, 0.29) is 0 Å². The lowest BCUT2D eigenvalue weighted by Gasteiger charge is -2.17. The van der Waals surface area contributed by atoms with Gasteiger partial charge in [0.2, 0.25) is 0 Å². The number of rotatable bonds is 3. The molecule has 224 valence electrons. The molecule has 0 amide bonds. The van der Waals surface area contributed by atoms with E-state index >= 15 is 0 Å². The van der Waals surface area contributed by atoms with Crippen molar-refractivity contribution in [2.24, 2.45) is 0 Å². The molecule has 0 atom stereocenters. The summed E-state index contributed by atoms with van der Waals surface area (Å²) in [6.45, 7) is 2.24. The summed E-state index contributed by atoms with van der Waals surface area (Å²) in [6, 6.07) is 59.3. The minimum atomic E-state index is 0.899. The average molecular weight is 611 g/mol. The molecule has 48 heavy (non-hydrogen) atoms. The van der Waals surface area contributed by atoms with E-state index in [0.717, 1.165) is 27.5 Å². The lowest BCUT2D eigenvalue weighted by atomic mass is 9.85. The number of fused-ring (bicyclic) bond motifs is 7. The highest BCUT2D eigenvalue weighted by atomic mass is 16.3. The van der Waals surface area contributed by atoms with E-state index in [9.17, 15) is 0 Å². The van der Waals surface area contributed by atoms with Crippen molar-refractivity contribution in [3.05, 3.63) is 169 Å². The first-order chi connectivity index (χ1) is 23.8. The van der Waals surface area contributed by atoms with Gasteiger partial charge in [0.05, 0.1) is 0 Å². The molecule has 0 N–H and O–H groups in total. The summed E-state index contributed by atoms with van der Waals surface area (Å²) >= 11 is 0. The van der Waals surface area contributed by atoms with Crippen LogP contribution >= 0.6 is 0 Å². The van der Waals surface area contributed by atoms with Crippen molar-refractivity contribution in [1.29, 1.82) is 0 Å². The number of hydrogen-bond donors (Lipinski definition) is 0. The molecule has 1 heteroatoms. The Labute approximate surface area is 278 Å². The van der Waals surface area contributed by atoms with Crippen LogP contribution in [0.15, 0.2) is 168 Å². The van der Waals surface area contributed by atoms with Gasteiger partial charge in [-0.05, 0) is 90.0 Å². The molecule has 9 aromatic carbocycles. The van der Waals surface area contributed by atoms with E-state index in [4.69, 9.17) is 4.42 Å². The first kappa shape index (κ1) is 27.0. The molecule has 1 aromatic heterocycles. The first-order valence-electron chi connectivity index (χ1n) is 16.6. The third kappa shape index (κ3) is 3.85. The fourth-order valence-corrected chi connectivity index (χ4v) is 8.14. The summed E-state index contributed by atoms with van der Waals surface area (Å²) < 4.78 is 6.84. The van der Waals surface area contributed by atoms with E-state index < -0.39 is 0 Å². The van der Waals surface area contributed by atoms with Crippen molar-refractivity contribution in [2.75, 3.05) is 0 Å². The predicted octanol–water partition coefficient (Wildman–Crippen LogP) is 13.5. The number of benzene rings is 9. The fraction of sp³-hybridized carbons (Fsp3) is 0.0213. The highest BCUT2D eigenvalue weighted by Gasteiger charge is 2.21. The van der Waals surface area contributed by atoms with Gasteiger partial charge < -0.3 is 4.42 Å². The van der Waals surface area contributed by atoms with Gasteiger partial charge in [-0.3, -0.25) is 0 Å². The van der Waals surface area contributed by atoms with Crippen LogP contribution in [0.2, 0.25) is 0 Å². The highest BCUT2D eigenvalue weighted by molar-refractivity contribution is 6.24. The van der Waals surface area contributed by atoms with Gasteiger partial charge in [0.15, 0.2) is 0 Å². The Hall–Kier alpha value is -6.18. The quantitative estimate of drug-likeness (QED) is 0.181. The van der Waals surface area contributed by atoms with Crippen molar-refractivity contribution in [3.63, 3.8) is 0 Å². The summed E-state index contributed by atoms with van der Waals surface area (Å²) in [4.78, 5) is 0. The fourth-order valence-electron chi connectivity index (χ4n) is 8.14. The molecule has 0 unspecified atom stereocenters. The summed E-state index contributed by atoms with van der Waals surface area (Å²) in [5, 5.41) is 12.3. The number of para-hydroxylation sites is 1. The Morgan fingerprint density at radius 1 is 0.333 bits per heavy atom. The Kier molecular flexibility index (Phi) is 5.86. The molecule has 10 aromatic rings. The molecule has 0 bridgehead atoms. The molecule has 10 rings (SSSR count). The summed E-state index contributed by atoms with van der Waals surface area (Å²) in [5.74, 6) is 0. The van der Waals surface area contributed by atoms with Crippen LogP contribution in [0.1, 0.15) is 5.56 Å². The van der Waals surface area contributed by atoms with Crippen molar-refractivity contribution >= 4 is 65.0 Å². The molecular formula is C47H30O. The van der Waals surface area contributed by atoms with E-state index in [1.54, 1.807) is 0 Å². The predicted molar refractivity (Wildman–Crippen MR) is 205 cm³/mol. The molecule has 1 heterocycles. The molecule has 0 fully saturated rings. The van der Waals surface area contributed by atoms with Crippen LogP contribution < -0.4 is 0 Å². The van der Waals surface area contributed by atoms with E-state index in [1.165, 1.54) is 76.5 Å². The van der Waals surface area contributed by atoms with Gasteiger partial charge in [0, 0.05) is 21.9 Å². The zero-order valence-corrected chi connectivity index (χ0v) is 26.5. The molecule has 1 nitrogen and oxygen atoms in total. The Morgan fingerprint density at radius 2 is 0.792 bits per heavy atom. The second-order valence-electron chi connectivity index (χ2n) is 12.8. The Balaban J connectivity index is 1.27. The maximum atomic E-state index is 6.84. The molecule has 0 aliphatic rings. The zero-order chi connectivity index (χ0) is 31.8. The Bertz CT molecular complexity index is 2780. The van der Waals surface area contributed by atoms with Crippen LogP contribution in [0.4, 0.5) is 0 Å². The third-order valence-electron chi connectivity index (χ3n) is 10.2. The number of aryl methyl sites for hydroxylation is 1. The van der Waals surface area contributed by atoms with Gasteiger partial charge in [-0.15, -0.1) is 0 Å². The first-order valence-corrected chi connectivity index (χ1v) is 16.6. The molecule has 0 aliphatic heterocycles. The minimum absolute atomic E-state index is 0.899. The Morgan fingerprint density at radius 3 is 1.38 bits per heavy atom. The van der Waals surface area contributed by atoms with Crippen molar-refractivity contribution in [2.45, 2.75) is 6.92 Å². The molecule has 0 spiro atoms. The lowest BCUT2D eigenvalue weighted by molar-refractivity contribution is 0.670. The minimum Gasteiger partial charge on any atom is -0.455 e. The monoisotopic (exact) mass is 610 g/mol. The van der Waals surface area contributed by atoms with Gasteiger partial charge in [-0.1, -0.05) is 152 Å². The summed E-state index contributed by atoms with van der Waals surface area (Å²) in [7, 11) is 0. The SMILES string of the molecule is Cc1c2ccccc2c(-c2ccc3oc4c(-c5c6ccccc6c(-c6ccccc6)c6ccccc56)cccc4c3c2)c2ccccc12. The van der Waals surface area contributed by atoms with Crippen molar-refractivity contribution in [3.8, 4) is 33.4 Å². The standard InChI is InChI=1S/C47H30O/c1-29-32-16-5-7-18-34(32)45(35-19-8-6-17-33(29)35)31-26-27-43-42(28-31)40-24-13-25-41(47(40)48-43)46-38-22-11-9-20-36(38)44(30-14-3-2-4-15-30)37-21-10-12-23-39(37)46/h2-28H,1H3. The maximum absolute atomic E-state index is 6.84. The summed E-state index contributed by atoms with van der Waals surface area (Å²) in [6.07, 6.45) is 0. The van der Waals surface area contributed by atoms with E-state index in [0.29, 0.717) is 0 Å². The van der Waals surface area contributed by atoms with Crippen LogP contribution in [0.3, 0.4) is 0 Å². The van der Waals surface area contributed by atoms with Crippen LogP contribution in [0, 0.1) is 6.92 Å². The third-order valence-corrected chi connectivity index (χ3v) is 10.2. The second kappa shape index (κ2) is 10.4. The largest absolute Gasteiger partial charge is 0.455 e. The molecular weight excluding hydrogens is 581 g/mol.